The molecule has 0 atom stereocenters. The third-order valence-electron chi connectivity index (χ3n) is 0. The smallest absolute Gasteiger partial charge is 0 e. The van der Waals surface area contributed by atoms with E-state index in [4.69, 9.17) is 10.5 Å². The van der Waals surface area contributed by atoms with Gasteiger partial charge in [0, 0.05) is 39.0 Å². The molecule has 6 heavy (non-hydrogen) atoms. The van der Waals surface area contributed by atoms with Gasteiger partial charge in [-0.25, -0.2) is 10.5 Å². The molecule has 0 fully saturated rings. The molecule has 0 saturated carbocycles. The van der Waals surface area contributed by atoms with Crippen LogP contribution in [0.25, 0.3) is 0 Å². The van der Waals surface area contributed by atoms with Crippen molar-refractivity contribution in [2.75, 3.05) is 0 Å². The third kappa shape index (κ3) is 71.9. The molecule has 46 valence electrons. The van der Waals surface area contributed by atoms with Gasteiger partial charge in [-0.05, 0) is 0 Å². The van der Waals surface area contributed by atoms with Crippen molar-refractivity contribution in [2.45, 2.75) is 0 Å². The first-order chi connectivity index (χ1) is 1.41. The van der Waals surface area contributed by atoms with Crippen molar-refractivity contribution in [1.82, 2.24) is 0 Å². The molecule has 0 aromatic rings. The van der Waals surface area contributed by atoms with Crippen LogP contribution in [-0.2, 0) is 44.0 Å². The minimum Gasteiger partial charge on any atom is -0.412 e. The maximum Gasteiger partial charge on any atom is 0 e. The fourth-order valence-corrected chi connectivity index (χ4v) is 0. The van der Waals surface area contributed by atoms with Gasteiger partial charge < -0.3 is 5.48 Å². The van der Waals surface area contributed by atoms with Crippen molar-refractivity contribution in [3.05, 3.63) is 0 Å². The van der Waals surface area contributed by atoms with Gasteiger partial charge in [-0.1, -0.05) is 5.04 Å². The quantitative estimate of drug-likeness (QED) is 0.342. The molecule has 0 bridgehead atoms. The molecule has 0 unspecified atom stereocenters. The molecule has 0 heterocycles. The fourth-order valence-electron chi connectivity index (χ4n) is 0. The van der Waals surface area contributed by atoms with Crippen LogP contribution in [0.15, 0.2) is 0 Å². The monoisotopic (exact) mass is 274 g/mol. The molecule has 4 nitrogen and oxygen atoms in total. The number of rotatable bonds is 0. The zero-order chi connectivity index (χ0) is 2.71. The molecule has 0 saturated heterocycles. The zero-order valence-electron chi connectivity index (χ0n) is 2.47. The Morgan fingerprint density at radius 2 is 1.00 bits per heavy atom. The third-order valence-corrected chi connectivity index (χ3v) is 0. The molecule has 0 amide bonds. The van der Waals surface area contributed by atoms with Gasteiger partial charge >= 0.3 is 0 Å². The van der Waals surface area contributed by atoms with E-state index < -0.39 is 0 Å². The van der Waals surface area contributed by atoms with E-state index in [1.807, 2.05) is 0 Å². The van der Waals surface area contributed by atoms with Crippen LogP contribution in [-0.4, -0.2) is 16.0 Å². The van der Waals surface area contributed by atoms with E-state index >= 15 is 0 Å². The zero-order valence-corrected chi connectivity index (χ0v) is 5.75. The Hall–Kier alpha value is 1.09. The summed E-state index contributed by atoms with van der Waals surface area (Å²) in [4.78, 5) is 0. The first kappa shape index (κ1) is 27.6. The Morgan fingerprint density at radius 1 is 1.00 bits per heavy atom. The Morgan fingerprint density at radius 3 is 1.00 bits per heavy atom. The maximum atomic E-state index is 6.62. The van der Waals surface area contributed by atoms with Gasteiger partial charge in [-0.2, -0.15) is 0 Å². The van der Waals surface area contributed by atoms with Gasteiger partial charge in [0.25, 0.3) is 0 Å². The van der Waals surface area contributed by atoms with E-state index in [1.165, 1.54) is 0 Å². The molecular weight excluding hydrogens is 270 g/mol. The SMILES string of the molecule is O.OOO.[Rh].[Rh]. The van der Waals surface area contributed by atoms with Crippen LogP contribution in [0.4, 0.5) is 0 Å². The van der Waals surface area contributed by atoms with Crippen LogP contribution in [0.1, 0.15) is 0 Å². The first-order valence-corrected chi connectivity index (χ1v) is 0.365. The normalized spacial score (nSPS) is 3.00. The van der Waals surface area contributed by atoms with Crippen molar-refractivity contribution in [1.29, 1.82) is 0 Å². The largest absolute Gasteiger partial charge is 0.412 e. The average Bonchev–Trinajstić information content (AvgIpc) is 0.918. The van der Waals surface area contributed by atoms with Crippen LogP contribution in [0.2, 0.25) is 0 Å². The summed E-state index contributed by atoms with van der Waals surface area (Å²) in [5.41, 5.74) is 0. The summed E-state index contributed by atoms with van der Waals surface area (Å²) in [6, 6.07) is 0. The van der Waals surface area contributed by atoms with E-state index in [2.05, 4.69) is 5.04 Å². The Labute approximate surface area is 60.2 Å². The molecule has 0 aliphatic heterocycles. The minimum atomic E-state index is 0. The predicted octanol–water partition coefficient (Wildman–Crippen LogP) is -0.881. The molecule has 4 N–H and O–H groups in total. The van der Waals surface area contributed by atoms with Gasteiger partial charge in [0.1, 0.15) is 0 Å². The van der Waals surface area contributed by atoms with E-state index in [0.29, 0.717) is 0 Å². The molecular formula is H4O4Rh2. The van der Waals surface area contributed by atoms with Crippen LogP contribution in [0, 0.1) is 0 Å². The molecule has 6 heteroatoms. The second kappa shape index (κ2) is 36.2. The molecule has 0 aliphatic carbocycles. The standard InChI is InChI=1S/H2O3.H2O.2Rh/c1-3-2;;;/h1-2H;1H2;;. The van der Waals surface area contributed by atoms with Gasteiger partial charge in [-0.15, -0.1) is 0 Å². The molecule has 0 rings (SSSR count). The van der Waals surface area contributed by atoms with Crippen LogP contribution in [0.3, 0.4) is 0 Å². The van der Waals surface area contributed by atoms with Gasteiger partial charge in [-0.3, -0.25) is 0 Å². The second-order valence-corrected chi connectivity index (χ2v) is 0.0816. The van der Waals surface area contributed by atoms with Crippen molar-refractivity contribution in [3.63, 3.8) is 0 Å². The molecule has 2 radical (unpaired) electrons. The van der Waals surface area contributed by atoms with Crippen molar-refractivity contribution >= 4 is 0 Å². The summed E-state index contributed by atoms with van der Waals surface area (Å²) < 4.78 is 0. The summed E-state index contributed by atoms with van der Waals surface area (Å²) >= 11 is 0. The topological polar surface area (TPSA) is 81.2 Å². The van der Waals surface area contributed by atoms with E-state index in [-0.39, 0.29) is 44.4 Å². The summed E-state index contributed by atoms with van der Waals surface area (Å²) in [7, 11) is 0. The second-order valence-electron chi connectivity index (χ2n) is 0.0816. The summed E-state index contributed by atoms with van der Waals surface area (Å²) in [6.45, 7) is 0. The Balaban J connectivity index is -0.00000000667. The first-order valence-electron chi connectivity index (χ1n) is 0.365. The molecule has 0 aliphatic rings. The van der Waals surface area contributed by atoms with Crippen LogP contribution >= 0.6 is 0 Å². The summed E-state index contributed by atoms with van der Waals surface area (Å²) in [5.74, 6) is 0. The predicted molar refractivity (Wildman–Crippen MR) is 9.96 cm³/mol. The maximum absolute atomic E-state index is 6.62. The van der Waals surface area contributed by atoms with E-state index in [0.717, 1.165) is 0 Å². The summed E-state index contributed by atoms with van der Waals surface area (Å²) in [5, 5.41) is 15.5. The van der Waals surface area contributed by atoms with Gasteiger partial charge in [0.15, 0.2) is 0 Å². The van der Waals surface area contributed by atoms with E-state index in [1.54, 1.807) is 0 Å². The van der Waals surface area contributed by atoms with Crippen molar-refractivity contribution in [3.8, 4) is 0 Å². The van der Waals surface area contributed by atoms with Crippen LogP contribution in [0.5, 0.6) is 0 Å². The minimum absolute atomic E-state index is 0. The molecule has 0 aromatic carbocycles. The molecule has 0 aromatic heterocycles. The fraction of sp³-hybridized carbons (Fsp3) is 0. The Bertz CT molecular complexity index is 5.51. The van der Waals surface area contributed by atoms with Crippen molar-refractivity contribution < 1.29 is 60.0 Å². The van der Waals surface area contributed by atoms with E-state index in [9.17, 15) is 0 Å². The summed E-state index contributed by atoms with van der Waals surface area (Å²) in [6.07, 6.45) is 0. The van der Waals surface area contributed by atoms with Crippen molar-refractivity contribution in [2.24, 2.45) is 0 Å². The average molecular weight is 274 g/mol. The van der Waals surface area contributed by atoms with Gasteiger partial charge in [0.05, 0.1) is 0 Å². The van der Waals surface area contributed by atoms with Crippen LogP contribution < -0.4 is 0 Å². The number of hydrogen-bond donors (Lipinski definition) is 2. The van der Waals surface area contributed by atoms with Gasteiger partial charge in [0.2, 0.25) is 0 Å². The molecule has 0 spiro atoms. The number of hydrogen-bond acceptors (Lipinski definition) is 3. The Kier molecular flexibility index (Phi) is 166.